The van der Waals surface area contributed by atoms with Crippen LogP contribution in [0, 0.1) is 5.82 Å². The van der Waals surface area contributed by atoms with E-state index < -0.39 is 35.8 Å². The topological polar surface area (TPSA) is 71.5 Å². The molecule has 2 aromatic rings. The first kappa shape index (κ1) is 19.3. The minimum atomic E-state index is -4.12. The summed E-state index contributed by atoms with van der Waals surface area (Å²) in [5, 5.41) is -0.566. The lowest BCUT2D eigenvalue weighted by Gasteiger charge is -2.20. The van der Waals surface area contributed by atoms with Gasteiger partial charge in [0.1, 0.15) is 10.7 Å². The van der Waals surface area contributed by atoms with Gasteiger partial charge >= 0.3 is 0 Å². The molecule has 1 atom stereocenters. The molecule has 0 aromatic heterocycles. The van der Waals surface area contributed by atoms with Crippen molar-refractivity contribution < 1.29 is 21.2 Å². The van der Waals surface area contributed by atoms with Crippen molar-refractivity contribution in [1.29, 1.82) is 0 Å². The Labute approximate surface area is 157 Å². The van der Waals surface area contributed by atoms with Crippen molar-refractivity contribution in [3.63, 3.8) is 0 Å². The maximum Gasteiger partial charge on any atom is 0.246 e. The highest BCUT2D eigenvalue weighted by molar-refractivity contribution is 7.92. The second-order valence-electron chi connectivity index (χ2n) is 6.00. The number of benzene rings is 2. The molecule has 0 saturated carbocycles. The molecule has 1 saturated heterocycles. The Bertz CT molecular complexity index is 1020. The van der Waals surface area contributed by atoms with Crippen molar-refractivity contribution >= 4 is 31.5 Å². The smallest absolute Gasteiger partial charge is 0.228 e. The van der Waals surface area contributed by atoms with Crippen LogP contribution in [0.25, 0.3) is 0 Å². The molecular formula is C17H17ClFNO4S2. The molecule has 9 heteroatoms. The summed E-state index contributed by atoms with van der Waals surface area (Å²) in [5.74, 6) is -1.21. The lowest BCUT2D eigenvalue weighted by molar-refractivity contribution is 0.424. The summed E-state index contributed by atoms with van der Waals surface area (Å²) in [6.07, 6.45) is 0.0553. The van der Waals surface area contributed by atoms with Crippen LogP contribution in [0.4, 0.5) is 4.39 Å². The molecule has 26 heavy (non-hydrogen) atoms. The largest absolute Gasteiger partial charge is 0.246 e. The van der Waals surface area contributed by atoms with Crippen LogP contribution in [0.15, 0.2) is 53.4 Å². The van der Waals surface area contributed by atoms with E-state index in [0.717, 1.165) is 10.4 Å². The third kappa shape index (κ3) is 3.64. The molecule has 0 amide bonds. The van der Waals surface area contributed by atoms with Crippen LogP contribution in [0.3, 0.4) is 0 Å². The highest BCUT2D eigenvalue weighted by atomic mass is 35.5. The van der Waals surface area contributed by atoms with Crippen LogP contribution in [0.2, 0.25) is 5.02 Å². The standard InChI is InChI=1S/C17H17ClFNO4S2/c18-14-6-2-1-5-13(14)16-9-10-20(11-12-25(16,21)22)26(23,24)17-8-4-3-7-15(17)19/h1-8,16H,9-12H2. The maximum atomic E-state index is 13.9. The lowest BCUT2D eigenvalue weighted by Crippen LogP contribution is -2.34. The van der Waals surface area contributed by atoms with E-state index in [1.165, 1.54) is 18.2 Å². The van der Waals surface area contributed by atoms with Gasteiger partial charge in [-0.15, -0.1) is 0 Å². The molecule has 1 fully saturated rings. The molecule has 0 N–H and O–H groups in total. The lowest BCUT2D eigenvalue weighted by atomic mass is 10.1. The van der Waals surface area contributed by atoms with E-state index in [-0.39, 0.29) is 25.3 Å². The number of halogens is 2. The van der Waals surface area contributed by atoms with Crippen molar-refractivity contribution in [2.75, 3.05) is 18.8 Å². The maximum absolute atomic E-state index is 13.9. The number of rotatable bonds is 3. The van der Waals surface area contributed by atoms with E-state index in [2.05, 4.69) is 0 Å². The summed E-state index contributed by atoms with van der Waals surface area (Å²) in [5.41, 5.74) is 0.458. The molecule has 1 unspecified atom stereocenters. The average Bonchev–Trinajstić information content (AvgIpc) is 2.74. The summed E-state index contributed by atoms with van der Waals surface area (Å²) in [4.78, 5) is -0.450. The summed E-state index contributed by atoms with van der Waals surface area (Å²) in [6.45, 7) is -0.258. The van der Waals surface area contributed by atoms with Gasteiger partial charge < -0.3 is 0 Å². The van der Waals surface area contributed by atoms with Crippen molar-refractivity contribution in [1.82, 2.24) is 4.31 Å². The number of hydrogen-bond acceptors (Lipinski definition) is 4. The number of sulfonamides is 1. The highest BCUT2D eigenvalue weighted by Crippen LogP contribution is 2.35. The predicted molar refractivity (Wildman–Crippen MR) is 97.8 cm³/mol. The van der Waals surface area contributed by atoms with E-state index in [9.17, 15) is 21.2 Å². The fourth-order valence-corrected chi connectivity index (χ4v) is 6.83. The molecule has 1 aliphatic rings. The predicted octanol–water partition coefficient (Wildman–Crippen LogP) is 3.03. The van der Waals surface area contributed by atoms with Gasteiger partial charge in [0.05, 0.1) is 11.0 Å². The van der Waals surface area contributed by atoms with E-state index in [1.54, 1.807) is 24.3 Å². The molecule has 0 spiro atoms. The summed E-state index contributed by atoms with van der Waals surface area (Å²) < 4.78 is 65.8. The highest BCUT2D eigenvalue weighted by Gasteiger charge is 2.37. The van der Waals surface area contributed by atoms with Crippen molar-refractivity contribution in [3.8, 4) is 0 Å². The van der Waals surface area contributed by atoms with Gasteiger partial charge in [-0.3, -0.25) is 0 Å². The number of hydrogen-bond donors (Lipinski definition) is 0. The van der Waals surface area contributed by atoms with Gasteiger partial charge in [-0.2, -0.15) is 4.31 Å². The molecule has 0 radical (unpaired) electrons. The number of nitrogens with zero attached hydrogens (tertiary/aromatic N) is 1. The van der Waals surface area contributed by atoms with Crippen LogP contribution in [0.5, 0.6) is 0 Å². The van der Waals surface area contributed by atoms with Crippen LogP contribution < -0.4 is 0 Å². The summed E-state index contributed by atoms with van der Waals surface area (Å²) in [7, 11) is -7.73. The number of sulfone groups is 1. The molecule has 5 nitrogen and oxygen atoms in total. The Morgan fingerprint density at radius 3 is 2.38 bits per heavy atom. The Morgan fingerprint density at radius 1 is 1.04 bits per heavy atom. The Balaban J connectivity index is 1.95. The van der Waals surface area contributed by atoms with Gasteiger partial charge in [0.25, 0.3) is 0 Å². The quantitative estimate of drug-likeness (QED) is 0.769. The van der Waals surface area contributed by atoms with E-state index in [4.69, 9.17) is 11.6 Å². The van der Waals surface area contributed by atoms with Gasteiger partial charge in [-0.25, -0.2) is 21.2 Å². The van der Waals surface area contributed by atoms with Gasteiger partial charge in [0.15, 0.2) is 9.84 Å². The van der Waals surface area contributed by atoms with Crippen molar-refractivity contribution in [3.05, 3.63) is 64.9 Å². The molecule has 1 heterocycles. The average molecular weight is 418 g/mol. The third-order valence-corrected chi connectivity index (χ3v) is 8.79. The first-order valence-electron chi connectivity index (χ1n) is 7.94. The fraction of sp³-hybridized carbons (Fsp3) is 0.294. The van der Waals surface area contributed by atoms with Crippen LogP contribution >= 0.6 is 11.6 Å². The Morgan fingerprint density at radius 2 is 1.69 bits per heavy atom. The zero-order chi connectivity index (χ0) is 18.9. The summed E-state index contributed by atoms with van der Waals surface area (Å²) >= 11 is 6.14. The first-order valence-corrected chi connectivity index (χ1v) is 11.5. The van der Waals surface area contributed by atoms with Gasteiger partial charge in [0, 0.05) is 18.1 Å². The fourth-order valence-electron chi connectivity index (χ4n) is 3.04. The molecule has 2 aromatic carbocycles. The monoisotopic (exact) mass is 417 g/mol. The first-order chi connectivity index (χ1) is 12.2. The Hall–Kier alpha value is -1.48. The molecule has 3 rings (SSSR count). The Kier molecular flexibility index (Phi) is 5.39. The van der Waals surface area contributed by atoms with E-state index in [0.29, 0.717) is 10.6 Å². The zero-order valence-corrected chi connectivity index (χ0v) is 16.1. The molecule has 0 aliphatic carbocycles. The van der Waals surface area contributed by atoms with E-state index >= 15 is 0 Å². The summed E-state index contributed by atoms with van der Waals surface area (Å²) in [6, 6.07) is 11.7. The SMILES string of the molecule is O=S1(=O)CCN(S(=O)(=O)c2ccccc2F)CCC1c1ccccc1Cl. The van der Waals surface area contributed by atoms with Crippen LogP contribution in [0.1, 0.15) is 17.2 Å². The second-order valence-corrected chi connectivity index (χ2v) is 10.6. The van der Waals surface area contributed by atoms with Gasteiger partial charge in [-0.1, -0.05) is 41.9 Å². The van der Waals surface area contributed by atoms with Crippen molar-refractivity contribution in [2.45, 2.75) is 16.6 Å². The van der Waals surface area contributed by atoms with Gasteiger partial charge in [0.2, 0.25) is 10.0 Å². The minimum absolute atomic E-state index is 0.0359. The van der Waals surface area contributed by atoms with Crippen molar-refractivity contribution in [2.24, 2.45) is 0 Å². The third-order valence-electron chi connectivity index (χ3n) is 4.41. The van der Waals surface area contributed by atoms with Crippen LogP contribution in [-0.4, -0.2) is 40.0 Å². The molecular weight excluding hydrogens is 401 g/mol. The van der Waals surface area contributed by atoms with Gasteiger partial charge in [-0.05, 0) is 30.2 Å². The molecule has 0 bridgehead atoms. The molecule has 1 aliphatic heterocycles. The second kappa shape index (κ2) is 7.26. The zero-order valence-electron chi connectivity index (χ0n) is 13.7. The van der Waals surface area contributed by atoms with Crippen LogP contribution in [-0.2, 0) is 19.9 Å². The molecule has 140 valence electrons. The minimum Gasteiger partial charge on any atom is -0.228 e. The normalized spacial score (nSPS) is 21.2. The van der Waals surface area contributed by atoms with E-state index in [1.807, 2.05) is 0 Å².